The van der Waals surface area contributed by atoms with Gasteiger partial charge in [0.25, 0.3) is 0 Å². The molecule has 1 fully saturated rings. The van der Waals surface area contributed by atoms with E-state index in [4.69, 9.17) is 0 Å². The maximum atomic E-state index is 11.7. The Kier molecular flexibility index (Phi) is 4.05. The van der Waals surface area contributed by atoms with Gasteiger partial charge in [-0.2, -0.15) is 0 Å². The second-order valence-corrected chi connectivity index (χ2v) is 5.84. The maximum Gasteiger partial charge on any atom is 0.223 e. The normalized spacial score (nSPS) is 16.7. The Morgan fingerprint density at radius 1 is 1.22 bits per heavy atom. The van der Waals surface area contributed by atoms with Crippen molar-refractivity contribution in [3.8, 4) is 0 Å². The lowest BCUT2D eigenvalue weighted by molar-refractivity contribution is -0.122. The van der Waals surface area contributed by atoms with E-state index in [1.54, 1.807) is 0 Å². The van der Waals surface area contributed by atoms with E-state index < -0.39 is 0 Å². The molecule has 0 saturated heterocycles. The number of carbonyl (C=O) groups excluding carboxylic acids is 1. The standard InChI is InChI=1S/C16H23NO/c1-11(2)10-13-4-6-14(7-5-13)12(3)17-16(18)15-8-9-15/h4-7,11-12,15H,8-10H2,1-3H3,(H,17,18). The highest BCUT2D eigenvalue weighted by molar-refractivity contribution is 5.81. The van der Waals surface area contributed by atoms with Crippen LogP contribution < -0.4 is 5.32 Å². The van der Waals surface area contributed by atoms with E-state index in [-0.39, 0.29) is 17.9 Å². The molecule has 1 atom stereocenters. The molecule has 1 amide bonds. The average molecular weight is 245 g/mol. The number of amides is 1. The third kappa shape index (κ3) is 3.59. The molecule has 0 radical (unpaired) electrons. The summed E-state index contributed by atoms with van der Waals surface area (Å²) in [4.78, 5) is 11.7. The molecule has 1 unspecified atom stereocenters. The first-order valence-corrected chi connectivity index (χ1v) is 6.95. The molecule has 1 aliphatic rings. The Labute approximate surface area is 110 Å². The number of carbonyl (C=O) groups is 1. The molecule has 2 heteroatoms. The second kappa shape index (κ2) is 5.55. The molecule has 1 saturated carbocycles. The van der Waals surface area contributed by atoms with Gasteiger partial charge in [0.1, 0.15) is 0 Å². The summed E-state index contributed by atoms with van der Waals surface area (Å²) < 4.78 is 0. The van der Waals surface area contributed by atoms with Crippen LogP contribution in [0.3, 0.4) is 0 Å². The minimum absolute atomic E-state index is 0.117. The Balaban J connectivity index is 1.93. The van der Waals surface area contributed by atoms with Gasteiger partial charge >= 0.3 is 0 Å². The summed E-state index contributed by atoms with van der Waals surface area (Å²) in [5, 5.41) is 3.08. The topological polar surface area (TPSA) is 29.1 Å². The van der Waals surface area contributed by atoms with Gasteiger partial charge in [0.2, 0.25) is 5.91 Å². The van der Waals surface area contributed by atoms with Crippen molar-refractivity contribution in [3.63, 3.8) is 0 Å². The van der Waals surface area contributed by atoms with Crippen LogP contribution in [0.5, 0.6) is 0 Å². The van der Waals surface area contributed by atoms with Crippen LogP contribution >= 0.6 is 0 Å². The highest BCUT2D eigenvalue weighted by atomic mass is 16.2. The lowest BCUT2D eigenvalue weighted by atomic mass is 10.00. The Morgan fingerprint density at radius 2 is 1.83 bits per heavy atom. The van der Waals surface area contributed by atoms with Crippen LogP contribution in [0.4, 0.5) is 0 Å². The second-order valence-electron chi connectivity index (χ2n) is 5.84. The van der Waals surface area contributed by atoms with Crippen LogP contribution in [0.25, 0.3) is 0 Å². The van der Waals surface area contributed by atoms with Crippen molar-refractivity contribution < 1.29 is 4.79 Å². The molecule has 0 aliphatic heterocycles. The molecule has 98 valence electrons. The molecule has 18 heavy (non-hydrogen) atoms. The molecule has 2 rings (SSSR count). The highest BCUT2D eigenvalue weighted by Gasteiger charge is 2.30. The highest BCUT2D eigenvalue weighted by Crippen LogP contribution is 2.29. The van der Waals surface area contributed by atoms with Crippen molar-refractivity contribution in [2.24, 2.45) is 11.8 Å². The summed E-state index contributed by atoms with van der Waals surface area (Å²) in [6, 6.07) is 8.74. The smallest absolute Gasteiger partial charge is 0.223 e. The minimum atomic E-state index is 0.117. The molecule has 0 heterocycles. The van der Waals surface area contributed by atoms with Gasteiger partial charge in [0.05, 0.1) is 6.04 Å². The fourth-order valence-corrected chi connectivity index (χ4v) is 2.17. The number of hydrogen-bond donors (Lipinski definition) is 1. The van der Waals surface area contributed by atoms with Crippen molar-refractivity contribution in [1.29, 1.82) is 0 Å². The van der Waals surface area contributed by atoms with E-state index in [0.717, 1.165) is 19.3 Å². The predicted molar refractivity (Wildman–Crippen MR) is 74.3 cm³/mol. The van der Waals surface area contributed by atoms with Gasteiger partial charge in [-0.1, -0.05) is 38.1 Å². The molecular weight excluding hydrogens is 222 g/mol. The summed E-state index contributed by atoms with van der Waals surface area (Å²) >= 11 is 0. The van der Waals surface area contributed by atoms with Crippen molar-refractivity contribution in [3.05, 3.63) is 35.4 Å². The Hall–Kier alpha value is -1.31. The van der Waals surface area contributed by atoms with Gasteiger partial charge in [0, 0.05) is 5.92 Å². The van der Waals surface area contributed by atoms with Crippen molar-refractivity contribution >= 4 is 5.91 Å². The summed E-state index contributed by atoms with van der Waals surface area (Å²) in [5.74, 6) is 1.18. The zero-order chi connectivity index (χ0) is 13.1. The Bertz CT molecular complexity index is 404. The maximum absolute atomic E-state index is 11.7. The van der Waals surface area contributed by atoms with E-state index >= 15 is 0 Å². The monoisotopic (exact) mass is 245 g/mol. The number of hydrogen-bond acceptors (Lipinski definition) is 1. The van der Waals surface area contributed by atoms with Crippen LogP contribution in [-0.4, -0.2) is 5.91 Å². The largest absolute Gasteiger partial charge is 0.349 e. The van der Waals surface area contributed by atoms with E-state index in [1.165, 1.54) is 11.1 Å². The molecule has 0 bridgehead atoms. The summed E-state index contributed by atoms with van der Waals surface area (Å²) in [5.41, 5.74) is 2.56. The zero-order valence-electron chi connectivity index (χ0n) is 11.6. The fourth-order valence-electron chi connectivity index (χ4n) is 2.17. The molecule has 1 N–H and O–H groups in total. The SMILES string of the molecule is CC(C)Cc1ccc(C(C)NC(=O)C2CC2)cc1. The van der Waals surface area contributed by atoms with E-state index in [2.05, 4.69) is 50.4 Å². The van der Waals surface area contributed by atoms with Gasteiger partial charge in [-0.05, 0) is 43.2 Å². The first-order valence-electron chi connectivity index (χ1n) is 6.95. The third-order valence-corrected chi connectivity index (χ3v) is 3.43. The van der Waals surface area contributed by atoms with Crippen LogP contribution in [0.2, 0.25) is 0 Å². The van der Waals surface area contributed by atoms with Crippen LogP contribution in [0, 0.1) is 11.8 Å². The molecule has 1 aliphatic carbocycles. The van der Waals surface area contributed by atoms with Crippen LogP contribution in [0.15, 0.2) is 24.3 Å². The van der Waals surface area contributed by atoms with Gasteiger partial charge in [-0.3, -0.25) is 4.79 Å². The van der Waals surface area contributed by atoms with E-state index in [9.17, 15) is 4.79 Å². The molecule has 0 spiro atoms. The lowest BCUT2D eigenvalue weighted by Gasteiger charge is -2.15. The molecule has 0 aromatic heterocycles. The first-order chi connectivity index (χ1) is 8.56. The van der Waals surface area contributed by atoms with Crippen LogP contribution in [0.1, 0.15) is 50.8 Å². The Morgan fingerprint density at radius 3 is 2.33 bits per heavy atom. The van der Waals surface area contributed by atoms with Gasteiger partial charge in [-0.25, -0.2) is 0 Å². The number of rotatable bonds is 5. The number of nitrogens with one attached hydrogen (secondary N) is 1. The average Bonchev–Trinajstić information content (AvgIpc) is 3.12. The van der Waals surface area contributed by atoms with Gasteiger partial charge in [0.15, 0.2) is 0 Å². The summed E-state index contributed by atoms with van der Waals surface area (Å²) in [7, 11) is 0. The van der Waals surface area contributed by atoms with Crippen LogP contribution in [-0.2, 0) is 11.2 Å². The molecule has 1 aromatic carbocycles. The third-order valence-electron chi connectivity index (χ3n) is 3.43. The van der Waals surface area contributed by atoms with E-state index in [0.29, 0.717) is 5.92 Å². The van der Waals surface area contributed by atoms with E-state index in [1.807, 2.05) is 0 Å². The summed E-state index contributed by atoms with van der Waals surface area (Å²) in [6.07, 6.45) is 3.24. The quantitative estimate of drug-likeness (QED) is 0.845. The lowest BCUT2D eigenvalue weighted by Crippen LogP contribution is -2.27. The van der Waals surface area contributed by atoms with Crippen molar-refractivity contribution in [2.45, 2.75) is 46.1 Å². The number of benzene rings is 1. The predicted octanol–water partition coefficient (Wildman–Crippen LogP) is 3.47. The van der Waals surface area contributed by atoms with Gasteiger partial charge in [-0.15, -0.1) is 0 Å². The minimum Gasteiger partial charge on any atom is -0.349 e. The summed E-state index contributed by atoms with van der Waals surface area (Å²) in [6.45, 7) is 6.51. The zero-order valence-corrected chi connectivity index (χ0v) is 11.6. The van der Waals surface area contributed by atoms with Gasteiger partial charge < -0.3 is 5.32 Å². The molecule has 2 nitrogen and oxygen atoms in total. The first kappa shape index (κ1) is 13.1. The van der Waals surface area contributed by atoms with Crippen molar-refractivity contribution in [2.75, 3.05) is 0 Å². The van der Waals surface area contributed by atoms with Crippen molar-refractivity contribution in [1.82, 2.24) is 5.32 Å². The fraction of sp³-hybridized carbons (Fsp3) is 0.562. The molecule has 1 aromatic rings. The molecular formula is C16H23NO.